The average molecular weight is 185 g/mol. The van der Waals surface area contributed by atoms with Crippen LogP contribution in [0.3, 0.4) is 0 Å². The summed E-state index contributed by atoms with van der Waals surface area (Å²) in [6.45, 7) is 8.29. The molecule has 1 heterocycles. The van der Waals surface area contributed by atoms with Gasteiger partial charge in [0.1, 0.15) is 6.61 Å². The highest BCUT2D eigenvalue weighted by molar-refractivity contribution is 5.76. The molecular weight excluding hydrogens is 166 g/mol. The number of ether oxygens (including phenoxy) is 1. The molecule has 0 aromatic rings. The topological polar surface area (TPSA) is 29.5 Å². The Morgan fingerprint density at radius 3 is 2.77 bits per heavy atom. The zero-order chi connectivity index (χ0) is 9.84. The normalized spacial score (nSPS) is 24.2. The Morgan fingerprint density at radius 2 is 2.31 bits per heavy atom. The second kappa shape index (κ2) is 4.72. The molecule has 0 aromatic heterocycles. The monoisotopic (exact) mass is 185 g/mol. The lowest BCUT2D eigenvalue weighted by Crippen LogP contribution is -2.30. The summed E-state index contributed by atoms with van der Waals surface area (Å²) in [5.41, 5.74) is 0. The minimum Gasteiger partial charge on any atom is -0.369 e. The van der Waals surface area contributed by atoms with Gasteiger partial charge in [0.15, 0.2) is 5.78 Å². The van der Waals surface area contributed by atoms with Crippen LogP contribution in [0.2, 0.25) is 0 Å². The number of ketones is 1. The van der Waals surface area contributed by atoms with Crippen LogP contribution in [-0.2, 0) is 9.53 Å². The number of hydrogen-bond acceptors (Lipinski definition) is 3. The molecule has 0 bridgehead atoms. The van der Waals surface area contributed by atoms with E-state index in [1.807, 2.05) is 0 Å². The van der Waals surface area contributed by atoms with Crippen molar-refractivity contribution < 1.29 is 9.53 Å². The van der Waals surface area contributed by atoms with Gasteiger partial charge in [-0.1, -0.05) is 0 Å². The minimum absolute atomic E-state index is 0.114. The number of hydrogen-bond donors (Lipinski definition) is 0. The molecule has 1 rings (SSSR count). The van der Waals surface area contributed by atoms with E-state index in [1.165, 1.54) is 0 Å². The highest BCUT2D eigenvalue weighted by atomic mass is 16.5. The van der Waals surface area contributed by atoms with E-state index < -0.39 is 0 Å². The zero-order valence-corrected chi connectivity index (χ0v) is 8.75. The predicted octanol–water partition coefficient (Wildman–Crippen LogP) is 1.07. The van der Waals surface area contributed by atoms with Crippen LogP contribution in [0, 0.1) is 0 Å². The maximum Gasteiger partial charge on any atom is 0.155 e. The first kappa shape index (κ1) is 10.7. The van der Waals surface area contributed by atoms with Crippen molar-refractivity contribution in [1.29, 1.82) is 0 Å². The van der Waals surface area contributed by atoms with E-state index in [1.54, 1.807) is 6.92 Å². The Balaban J connectivity index is 2.21. The third kappa shape index (κ3) is 3.44. The van der Waals surface area contributed by atoms with Gasteiger partial charge >= 0.3 is 0 Å². The number of carbonyl (C=O) groups excluding carboxylic acids is 1. The van der Waals surface area contributed by atoms with E-state index in [0.717, 1.165) is 19.5 Å². The van der Waals surface area contributed by atoms with Crippen molar-refractivity contribution in [3.05, 3.63) is 0 Å². The van der Waals surface area contributed by atoms with Gasteiger partial charge in [-0.25, -0.2) is 0 Å². The quantitative estimate of drug-likeness (QED) is 0.656. The number of nitrogens with zero attached hydrogens (tertiary/aromatic N) is 1. The highest BCUT2D eigenvalue weighted by Gasteiger charge is 2.24. The molecule has 1 fully saturated rings. The first-order valence-electron chi connectivity index (χ1n) is 4.94. The molecule has 1 saturated heterocycles. The molecule has 1 aliphatic rings. The lowest BCUT2D eigenvalue weighted by Gasteiger charge is -2.19. The molecule has 76 valence electrons. The fourth-order valence-corrected chi connectivity index (χ4v) is 1.59. The summed E-state index contributed by atoms with van der Waals surface area (Å²) in [6, 6.07) is 0.589. The molecule has 1 unspecified atom stereocenters. The fourth-order valence-electron chi connectivity index (χ4n) is 1.59. The fraction of sp³-hybridized carbons (Fsp3) is 0.900. The first-order valence-corrected chi connectivity index (χ1v) is 4.94. The molecule has 0 aromatic carbocycles. The average Bonchev–Trinajstić information content (AvgIpc) is 2.48. The Kier molecular flexibility index (Phi) is 3.88. The SMILES string of the molecule is CC(=O)COC1CCN(C(C)C)C1. The molecule has 0 amide bonds. The number of likely N-dealkylation sites (tertiary alicyclic amines) is 1. The smallest absolute Gasteiger partial charge is 0.155 e. The summed E-state index contributed by atoms with van der Waals surface area (Å²) in [4.78, 5) is 13.1. The summed E-state index contributed by atoms with van der Waals surface area (Å²) >= 11 is 0. The molecule has 0 spiro atoms. The summed E-state index contributed by atoms with van der Waals surface area (Å²) < 4.78 is 5.45. The van der Waals surface area contributed by atoms with Crippen LogP contribution in [0.25, 0.3) is 0 Å². The van der Waals surface area contributed by atoms with E-state index in [2.05, 4.69) is 18.7 Å². The Bertz CT molecular complexity index is 180. The molecule has 3 nitrogen and oxygen atoms in total. The van der Waals surface area contributed by atoms with Gasteiger partial charge in [0.25, 0.3) is 0 Å². The molecule has 0 aliphatic carbocycles. The standard InChI is InChI=1S/C10H19NO2/c1-8(2)11-5-4-10(6-11)13-7-9(3)12/h8,10H,4-7H2,1-3H3. The van der Waals surface area contributed by atoms with Crippen molar-refractivity contribution in [3.8, 4) is 0 Å². The van der Waals surface area contributed by atoms with Crippen LogP contribution in [0.15, 0.2) is 0 Å². The summed E-state index contributed by atoms with van der Waals surface area (Å²) in [5, 5.41) is 0. The predicted molar refractivity (Wildman–Crippen MR) is 51.7 cm³/mol. The molecule has 13 heavy (non-hydrogen) atoms. The lowest BCUT2D eigenvalue weighted by atomic mass is 10.3. The third-order valence-corrected chi connectivity index (χ3v) is 2.43. The molecule has 1 aliphatic heterocycles. The van der Waals surface area contributed by atoms with E-state index in [9.17, 15) is 4.79 Å². The molecular formula is C10H19NO2. The van der Waals surface area contributed by atoms with Crippen LogP contribution in [0.1, 0.15) is 27.2 Å². The van der Waals surface area contributed by atoms with Gasteiger partial charge in [-0.05, 0) is 27.2 Å². The van der Waals surface area contributed by atoms with Gasteiger partial charge in [0, 0.05) is 19.1 Å². The summed E-state index contributed by atoms with van der Waals surface area (Å²) in [5.74, 6) is 0.114. The van der Waals surface area contributed by atoms with Crippen molar-refractivity contribution in [2.45, 2.75) is 39.3 Å². The second-order valence-electron chi connectivity index (χ2n) is 4.01. The Hall–Kier alpha value is -0.410. The molecule has 3 heteroatoms. The van der Waals surface area contributed by atoms with Gasteiger partial charge < -0.3 is 4.74 Å². The van der Waals surface area contributed by atoms with Crippen LogP contribution in [0.5, 0.6) is 0 Å². The summed E-state index contributed by atoms with van der Waals surface area (Å²) in [7, 11) is 0. The van der Waals surface area contributed by atoms with Crippen molar-refractivity contribution >= 4 is 5.78 Å². The van der Waals surface area contributed by atoms with Crippen molar-refractivity contribution in [2.24, 2.45) is 0 Å². The largest absolute Gasteiger partial charge is 0.369 e. The third-order valence-electron chi connectivity index (χ3n) is 2.43. The molecule has 1 atom stereocenters. The van der Waals surface area contributed by atoms with Crippen molar-refractivity contribution in [3.63, 3.8) is 0 Å². The van der Waals surface area contributed by atoms with E-state index in [0.29, 0.717) is 6.04 Å². The number of carbonyl (C=O) groups is 1. The Morgan fingerprint density at radius 1 is 1.62 bits per heavy atom. The van der Waals surface area contributed by atoms with Gasteiger partial charge in [-0.2, -0.15) is 0 Å². The van der Waals surface area contributed by atoms with Crippen LogP contribution in [0.4, 0.5) is 0 Å². The van der Waals surface area contributed by atoms with E-state index in [4.69, 9.17) is 4.74 Å². The van der Waals surface area contributed by atoms with E-state index in [-0.39, 0.29) is 18.5 Å². The maximum absolute atomic E-state index is 10.7. The molecule has 0 N–H and O–H groups in total. The summed E-state index contributed by atoms with van der Waals surface area (Å²) in [6.07, 6.45) is 1.33. The van der Waals surface area contributed by atoms with Crippen LogP contribution >= 0.6 is 0 Å². The number of rotatable bonds is 4. The lowest BCUT2D eigenvalue weighted by molar-refractivity contribution is -0.123. The minimum atomic E-state index is 0.114. The van der Waals surface area contributed by atoms with Crippen molar-refractivity contribution in [2.75, 3.05) is 19.7 Å². The highest BCUT2D eigenvalue weighted by Crippen LogP contribution is 2.14. The van der Waals surface area contributed by atoms with Crippen LogP contribution in [-0.4, -0.2) is 42.5 Å². The maximum atomic E-state index is 10.7. The van der Waals surface area contributed by atoms with Gasteiger partial charge in [-0.15, -0.1) is 0 Å². The van der Waals surface area contributed by atoms with Crippen molar-refractivity contribution in [1.82, 2.24) is 4.90 Å². The molecule has 0 radical (unpaired) electrons. The first-order chi connectivity index (χ1) is 6.09. The Labute approximate surface area is 80.1 Å². The molecule has 0 saturated carbocycles. The number of Topliss-reactive ketones (excluding diaryl/α,β-unsaturated/α-hetero) is 1. The van der Waals surface area contributed by atoms with Gasteiger partial charge in [0.05, 0.1) is 6.10 Å². The second-order valence-corrected chi connectivity index (χ2v) is 4.01. The van der Waals surface area contributed by atoms with E-state index >= 15 is 0 Å². The van der Waals surface area contributed by atoms with Crippen LogP contribution < -0.4 is 0 Å². The van der Waals surface area contributed by atoms with Gasteiger partial charge in [0.2, 0.25) is 0 Å². The zero-order valence-electron chi connectivity index (χ0n) is 8.75. The van der Waals surface area contributed by atoms with Gasteiger partial charge in [-0.3, -0.25) is 9.69 Å².